The van der Waals surface area contributed by atoms with Gasteiger partial charge in [0.05, 0.1) is 17.9 Å². The number of nitrogens with one attached hydrogen (secondary N) is 1. The van der Waals surface area contributed by atoms with Crippen molar-refractivity contribution in [2.24, 2.45) is 7.05 Å². The summed E-state index contributed by atoms with van der Waals surface area (Å²) < 4.78 is 7.34. The van der Waals surface area contributed by atoms with E-state index in [9.17, 15) is 4.79 Å². The molecule has 3 rings (SSSR count). The van der Waals surface area contributed by atoms with Crippen molar-refractivity contribution in [1.82, 2.24) is 24.9 Å². The first-order valence-corrected chi connectivity index (χ1v) is 8.87. The summed E-state index contributed by atoms with van der Waals surface area (Å²) in [6.07, 6.45) is 1.58. The van der Waals surface area contributed by atoms with Crippen LogP contribution >= 0.6 is 0 Å². The lowest BCUT2D eigenvalue weighted by molar-refractivity contribution is 0.191. The molecule has 2 aromatic heterocycles. The summed E-state index contributed by atoms with van der Waals surface area (Å²) >= 11 is 0. The smallest absolute Gasteiger partial charge is 0.317 e. The fourth-order valence-corrected chi connectivity index (χ4v) is 3.50. The number of amides is 2. The molecule has 0 aliphatic carbocycles. The van der Waals surface area contributed by atoms with E-state index >= 15 is 0 Å². The van der Waals surface area contributed by atoms with E-state index in [0.29, 0.717) is 19.0 Å². The van der Waals surface area contributed by atoms with Gasteiger partial charge >= 0.3 is 6.03 Å². The molecule has 136 valence electrons. The van der Waals surface area contributed by atoms with Gasteiger partial charge in [-0.25, -0.2) is 9.78 Å². The Morgan fingerprint density at radius 3 is 2.76 bits per heavy atom. The first kappa shape index (κ1) is 17.5. The lowest BCUT2D eigenvalue weighted by Crippen LogP contribution is -2.43. The average molecular weight is 345 g/mol. The normalized spacial score (nSPS) is 14.1. The molecule has 0 radical (unpaired) electrons. The first-order chi connectivity index (χ1) is 11.9. The van der Waals surface area contributed by atoms with Gasteiger partial charge in [-0.3, -0.25) is 0 Å². The standard InChI is InChI=1S/C18H27N5O2/c1-11(2)17-20-15-10-23(9-7-16(15)22(17)5)18(24)19-8-6-14-12(3)21-25-13(14)4/h11H,6-10H2,1-5H3,(H,19,24). The molecule has 7 heteroatoms. The molecular weight excluding hydrogens is 318 g/mol. The van der Waals surface area contributed by atoms with Gasteiger partial charge in [0.25, 0.3) is 0 Å². The molecule has 1 aliphatic rings. The lowest BCUT2D eigenvalue weighted by atomic mass is 10.1. The summed E-state index contributed by atoms with van der Waals surface area (Å²) in [5.41, 5.74) is 4.25. The van der Waals surface area contributed by atoms with E-state index in [-0.39, 0.29) is 6.03 Å². The molecule has 2 aromatic rings. The predicted molar refractivity (Wildman–Crippen MR) is 94.5 cm³/mol. The van der Waals surface area contributed by atoms with Crippen molar-refractivity contribution in [3.05, 3.63) is 34.2 Å². The van der Waals surface area contributed by atoms with E-state index in [1.165, 1.54) is 5.69 Å². The number of nitrogens with zero attached hydrogens (tertiary/aromatic N) is 4. The fourth-order valence-electron chi connectivity index (χ4n) is 3.50. The van der Waals surface area contributed by atoms with Crippen LogP contribution in [0.15, 0.2) is 4.52 Å². The number of aromatic nitrogens is 3. The third-order valence-electron chi connectivity index (χ3n) is 4.93. The highest BCUT2D eigenvalue weighted by molar-refractivity contribution is 5.74. The monoisotopic (exact) mass is 345 g/mol. The van der Waals surface area contributed by atoms with Crippen molar-refractivity contribution in [1.29, 1.82) is 0 Å². The zero-order chi connectivity index (χ0) is 18.1. The number of urea groups is 1. The molecule has 0 aromatic carbocycles. The van der Waals surface area contributed by atoms with Crippen LogP contribution in [0, 0.1) is 13.8 Å². The Hall–Kier alpha value is -2.31. The lowest BCUT2D eigenvalue weighted by Gasteiger charge is -2.27. The number of aryl methyl sites for hydroxylation is 2. The Morgan fingerprint density at radius 1 is 1.36 bits per heavy atom. The second kappa shape index (κ2) is 6.90. The molecule has 0 spiro atoms. The largest absolute Gasteiger partial charge is 0.361 e. The minimum atomic E-state index is -0.0332. The highest BCUT2D eigenvalue weighted by atomic mass is 16.5. The third-order valence-corrected chi connectivity index (χ3v) is 4.93. The first-order valence-electron chi connectivity index (χ1n) is 8.87. The second-order valence-electron chi connectivity index (χ2n) is 7.03. The molecule has 0 saturated carbocycles. The van der Waals surface area contributed by atoms with Crippen molar-refractivity contribution in [2.45, 2.75) is 53.0 Å². The van der Waals surface area contributed by atoms with E-state index in [4.69, 9.17) is 9.51 Å². The van der Waals surface area contributed by atoms with Gasteiger partial charge in [0.1, 0.15) is 11.6 Å². The van der Waals surface area contributed by atoms with Crippen LogP contribution < -0.4 is 5.32 Å². The number of hydrogen-bond acceptors (Lipinski definition) is 4. The van der Waals surface area contributed by atoms with Crippen LogP contribution in [0.25, 0.3) is 0 Å². The maximum atomic E-state index is 12.5. The third kappa shape index (κ3) is 3.41. The minimum absolute atomic E-state index is 0.0332. The Morgan fingerprint density at radius 2 is 2.12 bits per heavy atom. The van der Waals surface area contributed by atoms with Crippen LogP contribution in [0.1, 0.15) is 54.0 Å². The van der Waals surface area contributed by atoms with Gasteiger partial charge in [-0.2, -0.15) is 0 Å². The zero-order valence-corrected chi connectivity index (χ0v) is 15.7. The zero-order valence-electron chi connectivity index (χ0n) is 15.7. The summed E-state index contributed by atoms with van der Waals surface area (Å²) in [4.78, 5) is 19.1. The van der Waals surface area contributed by atoms with Gasteiger partial charge in [-0.05, 0) is 20.3 Å². The molecule has 25 heavy (non-hydrogen) atoms. The van der Waals surface area contributed by atoms with Crippen LogP contribution in [-0.4, -0.2) is 38.7 Å². The van der Waals surface area contributed by atoms with Gasteiger partial charge in [0, 0.05) is 43.7 Å². The van der Waals surface area contributed by atoms with Crippen molar-refractivity contribution >= 4 is 6.03 Å². The molecule has 1 N–H and O–H groups in total. The highest BCUT2D eigenvalue weighted by Crippen LogP contribution is 2.23. The number of fused-ring (bicyclic) bond motifs is 1. The molecule has 3 heterocycles. The predicted octanol–water partition coefficient (Wildman–Crippen LogP) is 2.46. The summed E-state index contributed by atoms with van der Waals surface area (Å²) in [5.74, 6) is 2.29. The maximum Gasteiger partial charge on any atom is 0.317 e. The minimum Gasteiger partial charge on any atom is -0.361 e. The molecular formula is C18H27N5O2. The van der Waals surface area contributed by atoms with Crippen molar-refractivity contribution in [3.63, 3.8) is 0 Å². The van der Waals surface area contributed by atoms with Gasteiger partial charge in [-0.15, -0.1) is 0 Å². The summed E-state index contributed by atoms with van der Waals surface area (Å²) in [6, 6.07) is -0.0332. The molecule has 0 unspecified atom stereocenters. The number of rotatable bonds is 4. The molecule has 0 bridgehead atoms. The topological polar surface area (TPSA) is 76.2 Å². The van der Waals surface area contributed by atoms with Crippen LogP contribution in [0.3, 0.4) is 0 Å². The van der Waals surface area contributed by atoms with Gasteiger partial charge in [0.2, 0.25) is 0 Å². The van der Waals surface area contributed by atoms with E-state index in [1.807, 2.05) is 18.7 Å². The number of imidazole rings is 1. The van der Waals surface area contributed by atoms with Gasteiger partial charge < -0.3 is 19.3 Å². The maximum absolute atomic E-state index is 12.5. The van der Waals surface area contributed by atoms with Crippen LogP contribution in [0.5, 0.6) is 0 Å². The Labute approximate surface area is 148 Å². The van der Waals surface area contributed by atoms with Crippen LogP contribution in [0.4, 0.5) is 4.79 Å². The van der Waals surface area contributed by atoms with Gasteiger partial charge in [0.15, 0.2) is 0 Å². The number of hydrogen-bond donors (Lipinski definition) is 1. The Balaban J connectivity index is 1.58. The SMILES string of the molecule is Cc1noc(C)c1CCNC(=O)N1CCc2c(nc(C(C)C)n2C)C1. The number of carbonyl (C=O) groups excluding carboxylic acids is 1. The molecule has 0 saturated heterocycles. The summed E-state index contributed by atoms with van der Waals surface area (Å²) in [7, 11) is 2.07. The quantitative estimate of drug-likeness (QED) is 0.923. The van der Waals surface area contributed by atoms with E-state index in [1.54, 1.807) is 0 Å². The highest BCUT2D eigenvalue weighted by Gasteiger charge is 2.26. The van der Waals surface area contributed by atoms with Crippen molar-refractivity contribution < 1.29 is 9.32 Å². The van der Waals surface area contributed by atoms with Crippen molar-refractivity contribution in [2.75, 3.05) is 13.1 Å². The number of carbonyl (C=O) groups is 1. The molecule has 7 nitrogen and oxygen atoms in total. The molecule has 0 atom stereocenters. The molecule has 1 aliphatic heterocycles. The fraction of sp³-hybridized carbons (Fsp3) is 0.611. The average Bonchev–Trinajstić information content (AvgIpc) is 3.08. The van der Waals surface area contributed by atoms with E-state index < -0.39 is 0 Å². The molecule has 2 amide bonds. The van der Waals surface area contributed by atoms with Crippen molar-refractivity contribution in [3.8, 4) is 0 Å². The Bertz CT molecular complexity index is 755. The van der Waals surface area contributed by atoms with Crippen LogP contribution in [0.2, 0.25) is 0 Å². The van der Waals surface area contributed by atoms with E-state index in [0.717, 1.165) is 47.9 Å². The second-order valence-corrected chi connectivity index (χ2v) is 7.03. The Kier molecular flexibility index (Phi) is 4.83. The summed E-state index contributed by atoms with van der Waals surface area (Å²) in [5, 5.41) is 6.95. The molecule has 0 fully saturated rings. The van der Waals surface area contributed by atoms with E-state index in [2.05, 4.69) is 35.9 Å². The van der Waals surface area contributed by atoms with Crippen LogP contribution in [-0.2, 0) is 26.4 Å². The summed E-state index contributed by atoms with van der Waals surface area (Å²) in [6.45, 7) is 9.99. The van der Waals surface area contributed by atoms with Gasteiger partial charge in [-0.1, -0.05) is 19.0 Å².